The number of nitrogens with zero attached hydrogens (tertiary/aromatic N) is 3. The highest BCUT2D eigenvalue weighted by Gasteiger charge is 2.27. The number of benzene rings is 1. The number of hydrogen-bond donors (Lipinski definition) is 1. The number of para-hydroxylation sites is 1. The van der Waals surface area contributed by atoms with E-state index in [0.29, 0.717) is 0 Å². The highest BCUT2D eigenvalue weighted by atomic mass is 16.3. The van der Waals surface area contributed by atoms with Crippen molar-refractivity contribution in [2.24, 2.45) is 5.92 Å². The molecular weight excluding hydrogens is 352 g/mol. The summed E-state index contributed by atoms with van der Waals surface area (Å²) < 4.78 is 6.07. The first-order valence-electron chi connectivity index (χ1n) is 10.5. The van der Waals surface area contributed by atoms with Crippen molar-refractivity contribution in [1.82, 2.24) is 15.3 Å². The fourth-order valence-corrected chi connectivity index (χ4v) is 4.66. The predicted octanol–water partition coefficient (Wildman–Crippen LogP) is 4.04. The number of piperidine rings is 1. The molecule has 1 amide bonds. The van der Waals surface area contributed by atoms with Crippen molar-refractivity contribution in [2.45, 2.75) is 51.0 Å². The van der Waals surface area contributed by atoms with Gasteiger partial charge in [-0.1, -0.05) is 31.4 Å². The fraction of sp³-hybridized carbons (Fsp3) is 0.500. The molecule has 0 bridgehead atoms. The van der Waals surface area contributed by atoms with Crippen LogP contribution in [0.4, 0.5) is 5.82 Å². The normalized spacial score (nSPS) is 19.4. The Morgan fingerprint density at radius 3 is 2.64 bits per heavy atom. The van der Waals surface area contributed by atoms with E-state index in [1.807, 2.05) is 24.3 Å². The third-order valence-corrected chi connectivity index (χ3v) is 6.26. The molecule has 3 heterocycles. The van der Waals surface area contributed by atoms with Crippen LogP contribution in [0.1, 0.15) is 44.9 Å². The number of fused-ring (bicyclic) bond motifs is 3. The highest BCUT2D eigenvalue weighted by molar-refractivity contribution is 6.05. The topological polar surface area (TPSA) is 71.3 Å². The molecule has 1 aliphatic carbocycles. The molecule has 2 fully saturated rings. The van der Waals surface area contributed by atoms with Crippen LogP contribution in [-0.4, -0.2) is 35.0 Å². The zero-order valence-electron chi connectivity index (χ0n) is 16.1. The van der Waals surface area contributed by atoms with Gasteiger partial charge in [0.05, 0.1) is 0 Å². The Morgan fingerprint density at radius 2 is 1.82 bits per heavy atom. The number of carbonyl (C=O) groups is 1. The second kappa shape index (κ2) is 7.41. The molecular formula is C22H26N4O2. The van der Waals surface area contributed by atoms with Crippen LogP contribution in [0.5, 0.6) is 0 Å². The lowest BCUT2D eigenvalue weighted by Gasteiger charge is -2.34. The number of rotatable bonds is 3. The Balaban J connectivity index is 1.28. The van der Waals surface area contributed by atoms with Crippen molar-refractivity contribution in [3.8, 4) is 0 Å². The number of furan rings is 1. The van der Waals surface area contributed by atoms with Gasteiger partial charge in [0, 0.05) is 30.4 Å². The van der Waals surface area contributed by atoms with Crippen LogP contribution in [0, 0.1) is 5.92 Å². The fourth-order valence-electron chi connectivity index (χ4n) is 4.66. The summed E-state index contributed by atoms with van der Waals surface area (Å²) in [6.45, 7) is 1.72. The third kappa shape index (κ3) is 3.21. The largest absolute Gasteiger partial charge is 0.450 e. The summed E-state index contributed by atoms with van der Waals surface area (Å²) in [5.74, 6) is 1.35. The number of aromatic nitrogens is 2. The van der Waals surface area contributed by atoms with Gasteiger partial charge in [-0.15, -0.1) is 0 Å². The Hall–Kier alpha value is -2.63. The maximum atomic E-state index is 12.5. The minimum absolute atomic E-state index is 0.226. The van der Waals surface area contributed by atoms with Crippen molar-refractivity contribution in [1.29, 1.82) is 0 Å². The molecule has 6 heteroatoms. The summed E-state index contributed by atoms with van der Waals surface area (Å²) in [5, 5.41) is 4.32. The van der Waals surface area contributed by atoms with E-state index < -0.39 is 0 Å². The van der Waals surface area contributed by atoms with Crippen LogP contribution in [-0.2, 0) is 4.79 Å². The minimum Gasteiger partial charge on any atom is -0.450 e. The molecule has 6 nitrogen and oxygen atoms in total. The van der Waals surface area contributed by atoms with Gasteiger partial charge in [-0.2, -0.15) is 0 Å². The summed E-state index contributed by atoms with van der Waals surface area (Å²) in [5.41, 5.74) is 2.47. The van der Waals surface area contributed by atoms with E-state index in [0.717, 1.165) is 66.7 Å². The summed E-state index contributed by atoms with van der Waals surface area (Å²) in [6, 6.07) is 8.23. The van der Waals surface area contributed by atoms with E-state index in [-0.39, 0.29) is 17.9 Å². The van der Waals surface area contributed by atoms with Crippen LogP contribution >= 0.6 is 0 Å². The lowest BCUT2D eigenvalue weighted by atomic mass is 9.88. The van der Waals surface area contributed by atoms with Gasteiger partial charge in [-0.25, -0.2) is 9.97 Å². The highest BCUT2D eigenvalue weighted by Crippen LogP contribution is 2.33. The summed E-state index contributed by atoms with van der Waals surface area (Å²) in [6.07, 6.45) is 9.25. The maximum absolute atomic E-state index is 12.5. The van der Waals surface area contributed by atoms with Gasteiger partial charge in [0.25, 0.3) is 0 Å². The van der Waals surface area contributed by atoms with E-state index in [2.05, 4.69) is 20.2 Å². The molecule has 1 aromatic carbocycles. The second-order valence-corrected chi connectivity index (χ2v) is 8.08. The van der Waals surface area contributed by atoms with Gasteiger partial charge in [0.1, 0.15) is 17.4 Å². The first-order valence-corrected chi connectivity index (χ1v) is 10.5. The molecule has 146 valence electrons. The molecule has 0 spiro atoms. The molecule has 3 aromatic rings. The van der Waals surface area contributed by atoms with Crippen molar-refractivity contribution < 1.29 is 9.21 Å². The van der Waals surface area contributed by atoms with Gasteiger partial charge in [-0.05, 0) is 37.8 Å². The molecule has 0 unspecified atom stereocenters. The SMILES string of the molecule is O=C(NC1CCN(c2ncnc3c2oc2ccccc23)CC1)C1CCCCC1. The zero-order valence-corrected chi connectivity index (χ0v) is 16.1. The predicted molar refractivity (Wildman–Crippen MR) is 109 cm³/mol. The quantitative estimate of drug-likeness (QED) is 0.745. The molecule has 1 aliphatic heterocycles. The first kappa shape index (κ1) is 17.5. The van der Waals surface area contributed by atoms with Gasteiger partial charge in [0.2, 0.25) is 5.91 Å². The molecule has 2 aliphatic rings. The minimum atomic E-state index is 0.226. The van der Waals surface area contributed by atoms with Gasteiger partial charge >= 0.3 is 0 Å². The number of anilines is 1. The first-order chi connectivity index (χ1) is 13.8. The maximum Gasteiger partial charge on any atom is 0.223 e. The van der Waals surface area contributed by atoms with Crippen molar-refractivity contribution >= 4 is 33.8 Å². The van der Waals surface area contributed by atoms with Crippen molar-refractivity contribution in [3.63, 3.8) is 0 Å². The summed E-state index contributed by atoms with van der Waals surface area (Å²) in [7, 11) is 0. The second-order valence-electron chi connectivity index (χ2n) is 8.08. The van der Waals surface area contributed by atoms with Gasteiger partial charge < -0.3 is 14.6 Å². The molecule has 1 N–H and O–H groups in total. The summed E-state index contributed by atoms with van der Waals surface area (Å²) >= 11 is 0. The van der Waals surface area contributed by atoms with Gasteiger partial charge in [0.15, 0.2) is 11.4 Å². The van der Waals surface area contributed by atoms with Gasteiger partial charge in [-0.3, -0.25) is 4.79 Å². The number of hydrogen-bond acceptors (Lipinski definition) is 5. The van der Waals surface area contributed by atoms with E-state index in [9.17, 15) is 4.79 Å². The smallest absolute Gasteiger partial charge is 0.223 e. The number of carbonyl (C=O) groups excluding carboxylic acids is 1. The van der Waals surface area contributed by atoms with Crippen molar-refractivity contribution in [2.75, 3.05) is 18.0 Å². The van der Waals surface area contributed by atoms with E-state index in [4.69, 9.17) is 4.42 Å². The Morgan fingerprint density at radius 1 is 1.04 bits per heavy atom. The third-order valence-electron chi connectivity index (χ3n) is 6.26. The average molecular weight is 378 g/mol. The molecule has 0 atom stereocenters. The molecule has 1 saturated heterocycles. The summed E-state index contributed by atoms with van der Waals surface area (Å²) in [4.78, 5) is 23.8. The molecule has 1 saturated carbocycles. The van der Waals surface area contributed by atoms with E-state index in [1.165, 1.54) is 19.3 Å². The lowest BCUT2D eigenvalue weighted by molar-refractivity contribution is -0.126. The van der Waals surface area contributed by atoms with E-state index in [1.54, 1.807) is 6.33 Å². The van der Waals surface area contributed by atoms with Crippen LogP contribution in [0.2, 0.25) is 0 Å². The lowest BCUT2D eigenvalue weighted by Crippen LogP contribution is -2.46. The number of nitrogens with one attached hydrogen (secondary N) is 1. The number of amides is 1. The standard InChI is InChI=1S/C22H26N4O2/c27-22(15-6-2-1-3-7-15)25-16-10-12-26(13-11-16)21-20-19(23-14-24-21)17-8-4-5-9-18(17)28-20/h4-5,8-9,14-16H,1-3,6-7,10-13H2,(H,25,27). The van der Waals surface area contributed by atoms with Crippen LogP contribution in [0.15, 0.2) is 35.0 Å². The molecule has 2 aromatic heterocycles. The monoisotopic (exact) mass is 378 g/mol. The van der Waals surface area contributed by atoms with Crippen LogP contribution in [0.25, 0.3) is 22.1 Å². The molecule has 0 radical (unpaired) electrons. The zero-order chi connectivity index (χ0) is 18.9. The Bertz CT molecular complexity index is 985. The molecule has 5 rings (SSSR count). The van der Waals surface area contributed by atoms with E-state index >= 15 is 0 Å². The van der Waals surface area contributed by atoms with Crippen LogP contribution in [0.3, 0.4) is 0 Å². The Kier molecular flexibility index (Phi) is 4.63. The van der Waals surface area contributed by atoms with Crippen LogP contribution < -0.4 is 10.2 Å². The van der Waals surface area contributed by atoms with Crippen molar-refractivity contribution in [3.05, 3.63) is 30.6 Å². The Labute approximate surface area is 164 Å². The average Bonchev–Trinajstić information content (AvgIpc) is 3.14. The molecule has 28 heavy (non-hydrogen) atoms.